The second kappa shape index (κ2) is 15.1. The summed E-state index contributed by atoms with van der Waals surface area (Å²) < 4.78 is 35.1. The van der Waals surface area contributed by atoms with E-state index < -0.39 is 10.1 Å². The summed E-state index contributed by atoms with van der Waals surface area (Å²) in [7, 11) is -4.17. The molecule has 0 aliphatic rings. The molecule has 9 aromatic carbocycles. The van der Waals surface area contributed by atoms with E-state index in [2.05, 4.69) is 151 Å². The van der Waals surface area contributed by atoms with Crippen molar-refractivity contribution in [2.24, 2.45) is 0 Å². The molecule has 1 heterocycles. The molecule has 294 valence electrons. The third-order valence-electron chi connectivity index (χ3n) is 12.8. The lowest BCUT2D eigenvalue weighted by Gasteiger charge is -2.25. The smallest absolute Gasteiger partial charge is 0.176 e. The highest BCUT2D eigenvalue weighted by molar-refractivity contribution is 7.85. The van der Waals surface area contributed by atoms with E-state index in [0.717, 1.165) is 18.5 Å². The Labute approximate surface area is 345 Å². The van der Waals surface area contributed by atoms with E-state index in [4.69, 9.17) is 0 Å². The standard InChI is InChI=1S/C53H48N2O3S/c1-3-5-29-55(30-6-4-2)37-11-14-38-35(33-37)9-12-42-40(38)15-17-46-44(42)19-21-50-48(46)23-25-53-51-22-20-45-43-13-10-36-34-54(28-7-8-32-59(56,57)58)31-27-39(36)41(43)16-18-47(45)49(51)24-26-52(50)53/h9-27,31,33-34H,3-8,28-30,32H2,1-2H3. The van der Waals surface area contributed by atoms with Crippen LogP contribution in [-0.2, 0) is 16.7 Å². The van der Waals surface area contributed by atoms with Crippen molar-refractivity contribution < 1.29 is 17.5 Å². The third-order valence-corrected chi connectivity index (χ3v) is 13.6. The molecule has 0 amide bonds. The molecule has 0 unspecified atom stereocenters. The summed E-state index contributed by atoms with van der Waals surface area (Å²) in [6, 6.07) is 46.0. The quantitative estimate of drug-likeness (QED) is 0.0535. The lowest BCUT2D eigenvalue weighted by molar-refractivity contribution is -0.696. The number of pyridine rings is 1. The summed E-state index contributed by atoms with van der Waals surface area (Å²) in [5.41, 5.74) is 1.33. The highest BCUT2D eigenvalue weighted by Crippen LogP contribution is 2.41. The predicted molar refractivity (Wildman–Crippen MR) is 250 cm³/mol. The molecule has 0 atom stereocenters. The van der Waals surface area contributed by atoms with Crippen LogP contribution in [0.5, 0.6) is 0 Å². The van der Waals surface area contributed by atoms with Crippen LogP contribution in [0.2, 0.25) is 0 Å². The SMILES string of the molecule is CCCCN(CCCC)c1ccc2c(ccc3c2ccc2c3ccc3c2ccc2c4ccc5c6ccc7c[n+](CCCCS(=O)(=O)[O-])ccc7c6ccc5c4ccc32)c1. The van der Waals surface area contributed by atoms with Crippen LogP contribution in [0.4, 0.5) is 5.69 Å². The molecule has 0 radical (unpaired) electrons. The van der Waals surface area contributed by atoms with Gasteiger partial charge in [-0.15, -0.1) is 0 Å². The summed E-state index contributed by atoms with van der Waals surface area (Å²) in [5, 5.41) is 22.6. The van der Waals surface area contributed by atoms with Gasteiger partial charge in [-0.1, -0.05) is 124 Å². The normalized spacial score (nSPS) is 12.5. The van der Waals surface area contributed by atoms with Crippen LogP contribution >= 0.6 is 0 Å². The van der Waals surface area contributed by atoms with Crippen LogP contribution < -0.4 is 9.47 Å². The zero-order chi connectivity index (χ0) is 40.3. The van der Waals surface area contributed by atoms with Gasteiger partial charge in [0, 0.05) is 47.8 Å². The Kier molecular flexibility index (Phi) is 9.58. The molecule has 0 fully saturated rings. The molecule has 0 spiro atoms. The van der Waals surface area contributed by atoms with Crippen LogP contribution in [0.25, 0.3) is 97.0 Å². The maximum Gasteiger partial charge on any atom is 0.176 e. The molecule has 10 rings (SSSR count). The van der Waals surface area contributed by atoms with Gasteiger partial charge in [-0.05, 0) is 124 Å². The topological polar surface area (TPSA) is 64.3 Å². The average molecular weight is 793 g/mol. The van der Waals surface area contributed by atoms with Crippen LogP contribution in [0.3, 0.4) is 0 Å². The number of hydrogen-bond donors (Lipinski definition) is 0. The molecule has 6 heteroatoms. The molecule has 59 heavy (non-hydrogen) atoms. The van der Waals surface area contributed by atoms with Gasteiger partial charge in [-0.3, -0.25) is 0 Å². The van der Waals surface area contributed by atoms with Gasteiger partial charge in [0.1, 0.15) is 6.54 Å². The Balaban J connectivity index is 1.02. The maximum absolute atomic E-state index is 11.0. The summed E-state index contributed by atoms with van der Waals surface area (Å²) in [6.45, 7) is 7.43. The first kappa shape index (κ1) is 37.5. The van der Waals surface area contributed by atoms with Gasteiger partial charge in [-0.2, -0.15) is 0 Å². The first-order chi connectivity index (χ1) is 28.8. The Bertz CT molecular complexity index is 3400. The molecule has 0 aliphatic heterocycles. The largest absolute Gasteiger partial charge is 0.748 e. The summed E-state index contributed by atoms with van der Waals surface area (Å²) in [6.07, 6.45) is 10.0. The summed E-state index contributed by atoms with van der Waals surface area (Å²) in [4.78, 5) is 2.57. The van der Waals surface area contributed by atoms with Crippen LogP contribution in [0.1, 0.15) is 52.4 Å². The number of aromatic nitrogens is 1. The van der Waals surface area contributed by atoms with Crippen molar-refractivity contribution in [2.75, 3.05) is 23.7 Å². The zero-order valence-corrected chi connectivity index (χ0v) is 34.6. The van der Waals surface area contributed by atoms with Crippen molar-refractivity contribution in [1.29, 1.82) is 0 Å². The molecule has 5 nitrogen and oxygen atoms in total. The van der Waals surface area contributed by atoms with Gasteiger partial charge in [0.2, 0.25) is 0 Å². The van der Waals surface area contributed by atoms with Gasteiger partial charge < -0.3 is 9.45 Å². The second-order valence-electron chi connectivity index (χ2n) is 16.4. The van der Waals surface area contributed by atoms with Crippen molar-refractivity contribution in [3.8, 4) is 0 Å². The number of hydrogen-bond acceptors (Lipinski definition) is 4. The van der Waals surface area contributed by atoms with E-state index in [-0.39, 0.29) is 5.75 Å². The molecular formula is C53H48N2O3S. The van der Waals surface area contributed by atoms with Gasteiger partial charge in [0.15, 0.2) is 12.4 Å². The third kappa shape index (κ3) is 6.69. The van der Waals surface area contributed by atoms with Gasteiger partial charge in [0.05, 0.1) is 10.1 Å². The van der Waals surface area contributed by atoms with Crippen molar-refractivity contribution >= 4 is 113 Å². The van der Waals surface area contributed by atoms with Crippen molar-refractivity contribution in [2.45, 2.75) is 58.9 Å². The lowest BCUT2D eigenvalue weighted by Crippen LogP contribution is -2.32. The van der Waals surface area contributed by atoms with Crippen molar-refractivity contribution in [1.82, 2.24) is 0 Å². The molecule has 0 saturated heterocycles. The van der Waals surface area contributed by atoms with E-state index in [1.54, 1.807) is 0 Å². The first-order valence-electron chi connectivity index (χ1n) is 21.3. The fraction of sp³-hybridized carbons (Fsp3) is 0.226. The fourth-order valence-corrected chi connectivity index (χ4v) is 10.3. The lowest BCUT2D eigenvalue weighted by atomic mass is 9.90. The Morgan fingerprint density at radius 3 is 1.25 bits per heavy atom. The molecule has 0 bridgehead atoms. The Hall–Kier alpha value is -5.82. The first-order valence-corrected chi connectivity index (χ1v) is 22.9. The van der Waals surface area contributed by atoms with E-state index in [0.29, 0.717) is 19.4 Å². The molecule has 0 aliphatic carbocycles. The van der Waals surface area contributed by atoms with E-state index in [1.807, 2.05) is 6.20 Å². The number of nitrogens with zero attached hydrogens (tertiary/aromatic N) is 2. The van der Waals surface area contributed by atoms with Crippen molar-refractivity contribution in [3.63, 3.8) is 0 Å². The fourth-order valence-electron chi connectivity index (χ4n) is 9.74. The molecule has 10 aromatic rings. The van der Waals surface area contributed by atoms with Gasteiger partial charge in [0.25, 0.3) is 0 Å². The van der Waals surface area contributed by atoms with Crippen LogP contribution in [0.15, 0.2) is 134 Å². The van der Waals surface area contributed by atoms with E-state index in [9.17, 15) is 13.0 Å². The van der Waals surface area contributed by atoms with Crippen molar-refractivity contribution in [3.05, 3.63) is 134 Å². The maximum atomic E-state index is 11.0. The minimum Gasteiger partial charge on any atom is -0.748 e. The average Bonchev–Trinajstić information content (AvgIpc) is 3.26. The zero-order valence-electron chi connectivity index (χ0n) is 33.8. The minimum absolute atomic E-state index is 0.314. The number of rotatable bonds is 12. The Morgan fingerprint density at radius 2 is 0.831 bits per heavy atom. The van der Waals surface area contributed by atoms with E-state index >= 15 is 0 Å². The highest BCUT2D eigenvalue weighted by Gasteiger charge is 2.15. The molecule has 0 N–H and O–H groups in total. The summed E-state index contributed by atoms with van der Waals surface area (Å²) >= 11 is 0. The van der Waals surface area contributed by atoms with Gasteiger partial charge >= 0.3 is 0 Å². The number of unbranched alkanes of at least 4 members (excludes halogenated alkanes) is 3. The Morgan fingerprint density at radius 1 is 0.458 bits per heavy atom. The van der Waals surface area contributed by atoms with E-state index in [1.165, 1.54) is 123 Å². The van der Waals surface area contributed by atoms with Crippen LogP contribution in [-0.4, -0.2) is 31.8 Å². The highest BCUT2D eigenvalue weighted by atomic mass is 32.2. The summed E-state index contributed by atoms with van der Waals surface area (Å²) in [5.74, 6) is -0.314. The number of anilines is 1. The molecule has 1 aromatic heterocycles. The minimum atomic E-state index is -4.17. The number of fused-ring (bicyclic) bond motifs is 17. The molecule has 0 saturated carbocycles. The number of aryl methyl sites for hydroxylation is 1. The second-order valence-corrected chi connectivity index (χ2v) is 18.0. The predicted octanol–water partition coefficient (Wildman–Crippen LogP) is 13.1. The molecular weight excluding hydrogens is 745 g/mol. The van der Waals surface area contributed by atoms with Crippen LogP contribution in [0, 0.1) is 0 Å². The van der Waals surface area contributed by atoms with Gasteiger partial charge in [-0.25, -0.2) is 13.0 Å². The monoisotopic (exact) mass is 792 g/mol. The number of benzene rings is 9.